The lowest BCUT2D eigenvalue weighted by atomic mass is 10.2. The zero-order valence-corrected chi connectivity index (χ0v) is 11.2. The van der Waals surface area contributed by atoms with Crippen LogP contribution in [0, 0.1) is 11.3 Å². The van der Waals surface area contributed by atoms with Gasteiger partial charge in [-0.05, 0) is 44.3 Å². The molecule has 98 valence electrons. The van der Waals surface area contributed by atoms with Crippen molar-refractivity contribution in [2.75, 3.05) is 37.2 Å². The maximum Gasteiger partial charge on any atom is 0.101 e. The smallest absolute Gasteiger partial charge is 0.101 e. The summed E-state index contributed by atoms with van der Waals surface area (Å²) in [6.45, 7) is 8.57. The third-order valence-corrected chi connectivity index (χ3v) is 3.05. The molecule has 0 bridgehead atoms. The second-order valence-electron chi connectivity index (χ2n) is 4.22. The van der Waals surface area contributed by atoms with Crippen LogP contribution in [0.15, 0.2) is 18.2 Å². The molecule has 0 aliphatic carbocycles. The zero-order chi connectivity index (χ0) is 13.4. The van der Waals surface area contributed by atoms with E-state index in [0.29, 0.717) is 11.3 Å². The SMILES string of the molecule is CCN(CC)CCCNc1ccc(C#N)c(N)c1. The normalized spacial score (nSPS) is 10.3. The molecule has 0 aromatic heterocycles. The number of nitrogens with two attached hydrogens (primary N) is 1. The minimum Gasteiger partial charge on any atom is -0.398 e. The number of rotatable bonds is 7. The molecule has 1 aromatic carbocycles. The molecule has 0 saturated carbocycles. The molecule has 4 nitrogen and oxygen atoms in total. The standard InChI is InChI=1S/C14H22N4/c1-3-18(4-2)9-5-8-17-13-7-6-12(11-15)14(16)10-13/h6-7,10,17H,3-5,8-9,16H2,1-2H3. The molecule has 0 aliphatic rings. The van der Waals surface area contributed by atoms with Crippen LogP contribution in [-0.4, -0.2) is 31.1 Å². The third-order valence-electron chi connectivity index (χ3n) is 3.05. The highest BCUT2D eigenvalue weighted by molar-refractivity contribution is 5.62. The van der Waals surface area contributed by atoms with E-state index in [-0.39, 0.29) is 0 Å². The van der Waals surface area contributed by atoms with E-state index in [1.165, 1.54) is 0 Å². The number of hydrogen-bond donors (Lipinski definition) is 2. The quantitative estimate of drug-likeness (QED) is 0.572. The Bertz CT molecular complexity index is 405. The minimum atomic E-state index is 0.531. The Morgan fingerprint density at radius 2 is 2.06 bits per heavy atom. The second-order valence-corrected chi connectivity index (χ2v) is 4.22. The molecule has 0 radical (unpaired) electrons. The van der Waals surface area contributed by atoms with Gasteiger partial charge in [0.1, 0.15) is 6.07 Å². The maximum atomic E-state index is 8.78. The maximum absolute atomic E-state index is 8.78. The molecule has 0 unspecified atom stereocenters. The number of nitrogen functional groups attached to an aromatic ring is 1. The number of nitriles is 1. The first-order valence-corrected chi connectivity index (χ1v) is 6.47. The van der Waals surface area contributed by atoms with Gasteiger partial charge >= 0.3 is 0 Å². The summed E-state index contributed by atoms with van der Waals surface area (Å²) < 4.78 is 0. The van der Waals surface area contributed by atoms with E-state index < -0.39 is 0 Å². The third kappa shape index (κ3) is 4.27. The topological polar surface area (TPSA) is 65.1 Å². The minimum absolute atomic E-state index is 0.531. The van der Waals surface area contributed by atoms with Crippen molar-refractivity contribution in [3.8, 4) is 6.07 Å². The Morgan fingerprint density at radius 1 is 1.33 bits per heavy atom. The summed E-state index contributed by atoms with van der Waals surface area (Å²) in [5.74, 6) is 0. The van der Waals surface area contributed by atoms with Crippen LogP contribution in [0.25, 0.3) is 0 Å². The fourth-order valence-corrected chi connectivity index (χ4v) is 1.85. The fraction of sp³-hybridized carbons (Fsp3) is 0.500. The molecule has 0 amide bonds. The monoisotopic (exact) mass is 246 g/mol. The molecule has 0 saturated heterocycles. The van der Waals surface area contributed by atoms with Crippen LogP contribution in [0.1, 0.15) is 25.8 Å². The lowest BCUT2D eigenvalue weighted by Crippen LogP contribution is -2.25. The Hall–Kier alpha value is -1.73. The summed E-state index contributed by atoms with van der Waals surface area (Å²) in [5, 5.41) is 12.1. The van der Waals surface area contributed by atoms with Gasteiger partial charge in [-0.15, -0.1) is 0 Å². The van der Waals surface area contributed by atoms with E-state index in [1.807, 2.05) is 12.1 Å². The lowest BCUT2D eigenvalue weighted by molar-refractivity contribution is 0.303. The summed E-state index contributed by atoms with van der Waals surface area (Å²) in [7, 11) is 0. The Morgan fingerprint density at radius 3 is 2.61 bits per heavy atom. The molecule has 0 aliphatic heterocycles. The molecular weight excluding hydrogens is 224 g/mol. The van der Waals surface area contributed by atoms with Gasteiger partial charge in [-0.3, -0.25) is 0 Å². The summed E-state index contributed by atoms with van der Waals surface area (Å²) in [4.78, 5) is 2.40. The summed E-state index contributed by atoms with van der Waals surface area (Å²) in [6, 6.07) is 7.52. The van der Waals surface area contributed by atoms with E-state index in [1.54, 1.807) is 6.07 Å². The Kier molecular flexibility index (Phi) is 6.03. The summed E-state index contributed by atoms with van der Waals surface area (Å²) >= 11 is 0. The van der Waals surface area contributed by atoms with Gasteiger partial charge in [-0.2, -0.15) is 5.26 Å². The summed E-state index contributed by atoms with van der Waals surface area (Å²) in [6.07, 6.45) is 1.10. The van der Waals surface area contributed by atoms with Crippen molar-refractivity contribution >= 4 is 11.4 Å². The molecule has 1 rings (SSSR count). The highest BCUT2D eigenvalue weighted by atomic mass is 15.1. The first-order chi connectivity index (χ1) is 8.71. The number of nitrogens with one attached hydrogen (secondary N) is 1. The van der Waals surface area contributed by atoms with Gasteiger partial charge in [0.25, 0.3) is 0 Å². The van der Waals surface area contributed by atoms with Crippen molar-refractivity contribution in [2.24, 2.45) is 0 Å². The lowest BCUT2D eigenvalue weighted by Gasteiger charge is -2.18. The van der Waals surface area contributed by atoms with Gasteiger partial charge in [-0.1, -0.05) is 13.8 Å². The second kappa shape index (κ2) is 7.57. The first-order valence-electron chi connectivity index (χ1n) is 6.47. The van der Waals surface area contributed by atoms with Crippen LogP contribution in [0.5, 0.6) is 0 Å². The van der Waals surface area contributed by atoms with Gasteiger partial charge in [0.05, 0.1) is 11.3 Å². The Balaban J connectivity index is 2.36. The van der Waals surface area contributed by atoms with E-state index in [4.69, 9.17) is 11.0 Å². The summed E-state index contributed by atoms with van der Waals surface area (Å²) in [5.41, 5.74) is 7.80. The van der Waals surface area contributed by atoms with Gasteiger partial charge in [0.2, 0.25) is 0 Å². The number of benzene rings is 1. The van der Waals surface area contributed by atoms with Crippen molar-refractivity contribution in [1.29, 1.82) is 5.26 Å². The van der Waals surface area contributed by atoms with Crippen LogP contribution in [0.4, 0.5) is 11.4 Å². The number of anilines is 2. The molecule has 0 fully saturated rings. The van der Waals surface area contributed by atoms with Gasteiger partial charge < -0.3 is 16.0 Å². The van der Waals surface area contributed by atoms with Crippen LogP contribution < -0.4 is 11.1 Å². The highest BCUT2D eigenvalue weighted by Crippen LogP contribution is 2.16. The highest BCUT2D eigenvalue weighted by Gasteiger charge is 2.00. The molecule has 0 atom stereocenters. The molecule has 4 heteroatoms. The Labute approximate surface area is 109 Å². The first kappa shape index (κ1) is 14.3. The fourth-order valence-electron chi connectivity index (χ4n) is 1.85. The molecule has 1 aromatic rings. The number of nitrogens with zero attached hydrogens (tertiary/aromatic N) is 2. The van der Waals surface area contributed by atoms with Gasteiger partial charge in [0.15, 0.2) is 0 Å². The van der Waals surface area contributed by atoms with Crippen molar-refractivity contribution < 1.29 is 0 Å². The van der Waals surface area contributed by atoms with E-state index in [0.717, 1.165) is 38.3 Å². The zero-order valence-electron chi connectivity index (χ0n) is 11.2. The van der Waals surface area contributed by atoms with Crippen molar-refractivity contribution in [2.45, 2.75) is 20.3 Å². The number of hydrogen-bond acceptors (Lipinski definition) is 4. The van der Waals surface area contributed by atoms with Gasteiger partial charge in [0, 0.05) is 12.2 Å². The largest absolute Gasteiger partial charge is 0.398 e. The van der Waals surface area contributed by atoms with Crippen LogP contribution in [-0.2, 0) is 0 Å². The molecule has 18 heavy (non-hydrogen) atoms. The van der Waals surface area contributed by atoms with E-state index in [2.05, 4.69) is 30.1 Å². The average molecular weight is 246 g/mol. The average Bonchev–Trinajstić information content (AvgIpc) is 2.39. The van der Waals surface area contributed by atoms with Crippen molar-refractivity contribution in [3.63, 3.8) is 0 Å². The van der Waals surface area contributed by atoms with E-state index in [9.17, 15) is 0 Å². The van der Waals surface area contributed by atoms with Crippen molar-refractivity contribution in [3.05, 3.63) is 23.8 Å². The molecule has 0 heterocycles. The van der Waals surface area contributed by atoms with Crippen molar-refractivity contribution in [1.82, 2.24) is 4.90 Å². The van der Waals surface area contributed by atoms with E-state index >= 15 is 0 Å². The predicted molar refractivity (Wildman–Crippen MR) is 76.5 cm³/mol. The predicted octanol–water partition coefficient (Wildman–Crippen LogP) is 2.28. The molecular formula is C14H22N4. The van der Waals surface area contributed by atoms with Crippen LogP contribution in [0.2, 0.25) is 0 Å². The van der Waals surface area contributed by atoms with Crippen LogP contribution >= 0.6 is 0 Å². The van der Waals surface area contributed by atoms with Gasteiger partial charge in [-0.25, -0.2) is 0 Å². The molecule has 0 spiro atoms. The molecule has 3 N–H and O–H groups in total. The van der Waals surface area contributed by atoms with Crippen LogP contribution in [0.3, 0.4) is 0 Å².